The Hall–Kier alpha value is -16.1. The second kappa shape index (κ2) is 34.5. The molecule has 528 valence electrons. The molecule has 12 aromatic carbocycles. The Morgan fingerprint density at radius 1 is 0.111 bits per heavy atom. The molecule has 0 aliphatic rings. The predicted octanol–water partition coefficient (Wildman–Crippen LogP) is 8.51. The summed E-state index contributed by atoms with van der Waals surface area (Å²) in [5, 5.41) is 46.6. The van der Waals surface area contributed by atoms with Crippen LogP contribution in [0.4, 0.5) is 0 Å². The summed E-state index contributed by atoms with van der Waals surface area (Å²) < 4.78 is 15.3. The molecule has 0 aliphatic carbocycles. The number of nitrogens with zero attached hydrogens (tertiary/aromatic N) is 24. The Morgan fingerprint density at radius 2 is 0.176 bits per heavy atom. The van der Waals surface area contributed by atoms with Gasteiger partial charge in [0.05, 0.1) is 68.2 Å². The highest BCUT2D eigenvalue weighted by Crippen LogP contribution is 2.12. The van der Waals surface area contributed by atoms with Gasteiger partial charge >= 0.3 is 34.1 Å². The van der Waals surface area contributed by atoms with E-state index in [0.717, 1.165) is 0 Å². The lowest BCUT2D eigenvalue weighted by Gasteiger charge is -1.97. The third-order valence-electron chi connectivity index (χ3n) is 15.5. The number of hydrogen-bond donors (Lipinski definition) is 0. The van der Waals surface area contributed by atoms with Crippen molar-refractivity contribution in [2.24, 2.45) is 0 Å². The number of aromatic nitrogens is 24. The third kappa shape index (κ3) is 16.7. The molecule has 18 rings (SSSR count). The van der Waals surface area contributed by atoms with E-state index < -0.39 is 0 Å². The number of para-hydroxylation sites is 12. The van der Waals surface area contributed by atoms with Crippen molar-refractivity contribution in [2.75, 3.05) is 0 Å². The lowest BCUT2D eigenvalue weighted by molar-refractivity contribution is 0.756. The topological polar surface area (TPSA) is 316 Å². The van der Waals surface area contributed by atoms with Crippen LogP contribution in [0.25, 0.3) is 68.2 Å². The zero-order valence-corrected chi connectivity index (χ0v) is 56.8. The maximum atomic E-state index is 12.2. The summed E-state index contributed by atoms with van der Waals surface area (Å²) in [5.74, 6) is 0. The molecule has 0 spiro atoms. The van der Waals surface area contributed by atoms with Crippen LogP contribution in [0.5, 0.6) is 0 Å². The summed E-state index contributed by atoms with van der Waals surface area (Å²) in [5.41, 5.74) is 6.68. The van der Waals surface area contributed by atoms with E-state index in [9.17, 15) is 28.8 Å². The Bertz CT molecular complexity index is 4830. The fraction of sp³-hybridized carbons (Fsp3) is 0. The van der Waals surface area contributed by atoms with Crippen molar-refractivity contribution >= 4 is 0 Å². The highest BCUT2D eigenvalue weighted by atomic mass is 16.2. The SMILES string of the molecule is O=c1n(-c2ccccc2)nnn1-c1ccccc1.O=c1n(-c2ccccc2)nnn1-c1ccccc1.O=c1n(-c2ccccc2)nnn1-c1ccccc1.O=c1n(-c2ccccc2)nnn1-c1ccccc1.O=c1n(-c2ccccc2)nnn1-c1ccccc1.O=c1n(-c2ccccc2)nnn1-c1ccccc1. The van der Waals surface area contributed by atoms with Gasteiger partial charge in [0.25, 0.3) is 0 Å². The van der Waals surface area contributed by atoms with Crippen molar-refractivity contribution in [1.82, 2.24) is 119 Å². The van der Waals surface area contributed by atoms with E-state index in [1.165, 1.54) is 56.2 Å². The molecule has 0 fully saturated rings. The van der Waals surface area contributed by atoms with Gasteiger partial charge in [-0.05, 0) is 208 Å². The molecular weight excluding hydrogens is 1370 g/mol. The van der Waals surface area contributed by atoms with Gasteiger partial charge in [-0.15, -0.1) is 0 Å². The molecule has 6 heterocycles. The standard InChI is InChI=1S/6C13H10N4O/c6*18-13-16(11-7-3-1-4-8-11)14-15-17(13)12-9-5-2-6-10-12/h6*1-10H. The zero-order chi connectivity index (χ0) is 74.2. The van der Waals surface area contributed by atoms with Crippen LogP contribution in [0, 0.1) is 0 Å². The first-order valence-corrected chi connectivity index (χ1v) is 33.1. The molecule has 30 nitrogen and oxygen atoms in total. The second-order valence-electron chi connectivity index (χ2n) is 22.5. The fourth-order valence-corrected chi connectivity index (χ4v) is 10.3. The fourth-order valence-electron chi connectivity index (χ4n) is 10.3. The van der Waals surface area contributed by atoms with Gasteiger partial charge in [0.1, 0.15) is 0 Å². The Morgan fingerprint density at radius 3 is 0.241 bits per heavy atom. The molecule has 0 saturated carbocycles. The molecule has 0 bridgehead atoms. The van der Waals surface area contributed by atoms with Crippen LogP contribution in [-0.4, -0.2) is 119 Å². The number of rotatable bonds is 12. The van der Waals surface area contributed by atoms with Crippen molar-refractivity contribution in [3.05, 3.63) is 427 Å². The quantitative estimate of drug-likeness (QED) is 0.111. The predicted molar refractivity (Wildman–Crippen MR) is 402 cm³/mol. The van der Waals surface area contributed by atoms with Crippen LogP contribution in [0.15, 0.2) is 393 Å². The van der Waals surface area contributed by atoms with Crippen LogP contribution >= 0.6 is 0 Å². The molecule has 0 N–H and O–H groups in total. The molecule has 0 radical (unpaired) electrons. The minimum atomic E-state index is -0.285. The first kappa shape index (κ1) is 70.3. The molecule has 30 heteroatoms. The highest BCUT2D eigenvalue weighted by Gasteiger charge is 2.16. The monoisotopic (exact) mass is 1430 g/mol. The molecule has 0 saturated heterocycles. The highest BCUT2D eigenvalue weighted by molar-refractivity contribution is 5.39. The third-order valence-corrected chi connectivity index (χ3v) is 15.5. The van der Waals surface area contributed by atoms with Gasteiger partial charge in [-0.3, -0.25) is 0 Å². The van der Waals surface area contributed by atoms with Crippen molar-refractivity contribution in [3.8, 4) is 68.2 Å². The van der Waals surface area contributed by atoms with E-state index in [4.69, 9.17) is 0 Å². The maximum Gasteiger partial charge on any atom is 0.373 e. The van der Waals surface area contributed by atoms with Gasteiger partial charge in [-0.25, -0.2) is 28.8 Å². The zero-order valence-electron chi connectivity index (χ0n) is 56.8. The maximum absolute atomic E-state index is 12.2. The molecule has 108 heavy (non-hydrogen) atoms. The van der Waals surface area contributed by atoms with E-state index in [0.29, 0.717) is 68.2 Å². The van der Waals surface area contributed by atoms with Gasteiger partial charge in [-0.2, -0.15) is 56.2 Å². The molecule has 6 aromatic heterocycles. The van der Waals surface area contributed by atoms with Gasteiger partial charge in [0.2, 0.25) is 0 Å². The Kier molecular flexibility index (Phi) is 22.4. The van der Waals surface area contributed by atoms with Gasteiger partial charge in [-0.1, -0.05) is 218 Å². The van der Waals surface area contributed by atoms with Crippen molar-refractivity contribution < 1.29 is 0 Å². The Labute approximate surface area is 611 Å². The largest absolute Gasteiger partial charge is 0.373 e. The molecule has 0 unspecified atom stereocenters. The molecular formula is C78H60N24O6. The first-order chi connectivity index (χ1) is 53.2. The minimum Gasteiger partial charge on any atom is -0.243 e. The number of hydrogen-bond acceptors (Lipinski definition) is 18. The van der Waals surface area contributed by atoms with Crippen LogP contribution in [0.2, 0.25) is 0 Å². The lowest BCUT2D eigenvalue weighted by Crippen LogP contribution is -2.22. The second-order valence-corrected chi connectivity index (χ2v) is 22.5. The van der Waals surface area contributed by atoms with E-state index >= 15 is 0 Å². The first-order valence-electron chi connectivity index (χ1n) is 33.1. The van der Waals surface area contributed by atoms with Crippen LogP contribution in [-0.2, 0) is 0 Å². The van der Waals surface area contributed by atoms with Crippen LogP contribution in [0.1, 0.15) is 0 Å². The minimum absolute atomic E-state index is 0.285. The number of tetrazole rings is 6. The van der Waals surface area contributed by atoms with Crippen molar-refractivity contribution in [3.63, 3.8) is 0 Å². The average Bonchev–Trinajstić information content (AvgIpc) is 1.71. The normalized spacial score (nSPS) is 10.4. The van der Waals surface area contributed by atoms with E-state index in [-0.39, 0.29) is 34.1 Å². The van der Waals surface area contributed by atoms with Gasteiger partial charge in [0.15, 0.2) is 0 Å². The average molecular weight is 1430 g/mol. The summed E-state index contributed by atoms with van der Waals surface area (Å²) in [4.78, 5) is 73.0. The lowest BCUT2D eigenvalue weighted by atomic mass is 10.3. The summed E-state index contributed by atoms with van der Waals surface area (Å²) in [7, 11) is 0. The van der Waals surface area contributed by atoms with E-state index in [1.807, 2.05) is 364 Å². The molecule has 0 aliphatic heterocycles. The smallest absolute Gasteiger partial charge is 0.243 e. The van der Waals surface area contributed by atoms with Gasteiger partial charge < -0.3 is 0 Å². The Balaban J connectivity index is 0.000000114. The summed E-state index contributed by atoms with van der Waals surface area (Å²) in [6, 6.07) is 110. The van der Waals surface area contributed by atoms with Crippen molar-refractivity contribution in [2.45, 2.75) is 0 Å². The van der Waals surface area contributed by atoms with E-state index in [1.54, 1.807) is 0 Å². The molecule has 0 amide bonds. The summed E-state index contributed by atoms with van der Waals surface area (Å²) in [6.45, 7) is 0. The van der Waals surface area contributed by atoms with Gasteiger partial charge in [0, 0.05) is 0 Å². The summed E-state index contributed by atoms with van der Waals surface area (Å²) >= 11 is 0. The van der Waals surface area contributed by atoms with E-state index in [2.05, 4.69) is 62.6 Å². The molecule has 0 atom stereocenters. The summed E-state index contributed by atoms with van der Waals surface area (Å²) in [6.07, 6.45) is 0. The van der Waals surface area contributed by atoms with Crippen LogP contribution in [0.3, 0.4) is 0 Å². The van der Waals surface area contributed by atoms with Crippen molar-refractivity contribution in [1.29, 1.82) is 0 Å². The van der Waals surface area contributed by atoms with Crippen LogP contribution < -0.4 is 34.1 Å². The molecule has 18 aromatic rings. The number of benzene rings is 12.